The van der Waals surface area contributed by atoms with Gasteiger partial charge in [-0.05, 0) is 37.5 Å². The summed E-state index contributed by atoms with van der Waals surface area (Å²) in [6.45, 7) is 2.09. The second kappa shape index (κ2) is 7.30. The lowest BCUT2D eigenvalue weighted by atomic mass is 9.89. The molecule has 1 heterocycles. The normalized spacial score (nSPS) is 16.5. The van der Waals surface area contributed by atoms with Crippen molar-refractivity contribution in [3.8, 4) is 0 Å². The Kier molecular flexibility index (Phi) is 5.14. The first-order valence-corrected chi connectivity index (χ1v) is 9.15. The average Bonchev–Trinajstić information content (AvgIpc) is 2.91. The number of nitrogens with zero attached hydrogens (tertiary/aromatic N) is 2. The van der Waals surface area contributed by atoms with Gasteiger partial charge < -0.3 is 9.30 Å². The number of carbonyl (C=O) groups excluding carboxylic acids is 2. The van der Waals surface area contributed by atoms with Gasteiger partial charge in [-0.15, -0.1) is 0 Å². The molecule has 6 heteroatoms. The lowest BCUT2D eigenvalue weighted by Gasteiger charge is -2.17. The number of hydrogen-bond acceptors (Lipinski definition) is 4. The molecule has 3 rings (SSSR count). The highest BCUT2D eigenvalue weighted by Crippen LogP contribution is 2.25. The standard InChI is InChI=1S/C18H22N2O3S/c1-12-8-9-14-15(10-12)24-18(20(14)11-16(21)23-2)19-17(22)13-6-4-3-5-7-13/h8-10,13H,3-7,11H2,1-2H3. The fourth-order valence-electron chi connectivity index (χ4n) is 3.15. The molecule has 1 amide bonds. The number of rotatable bonds is 3. The smallest absolute Gasteiger partial charge is 0.325 e. The molecular weight excluding hydrogens is 324 g/mol. The second-order valence-corrected chi connectivity index (χ2v) is 7.31. The first-order chi connectivity index (χ1) is 11.6. The van der Waals surface area contributed by atoms with Crippen LogP contribution in [0.2, 0.25) is 0 Å². The molecule has 1 saturated carbocycles. The summed E-state index contributed by atoms with van der Waals surface area (Å²) >= 11 is 1.45. The molecule has 1 aromatic carbocycles. The molecule has 0 N–H and O–H groups in total. The van der Waals surface area contributed by atoms with Gasteiger partial charge in [-0.3, -0.25) is 9.59 Å². The number of amides is 1. The topological polar surface area (TPSA) is 60.7 Å². The second-order valence-electron chi connectivity index (χ2n) is 6.30. The van der Waals surface area contributed by atoms with Crippen LogP contribution in [0.15, 0.2) is 23.2 Å². The van der Waals surface area contributed by atoms with Crippen LogP contribution in [0.5, 0.6) is 0 Å². The third kappa shape index (κ3) is 3.59. The van der Waals surface area contributed by atoms with Gasteiger partial charge in [0.25, 0.3) is 5.91 Å². The maximum absolute atomic E-state index is 12.5. The van der Waals surface area contributed by atoms with Gasteiger partial charge in [-0.2, -0.15) is 4.99 Å². The summed E-state index contributed by atoms with van der Waals surface area (Å²) in [5.74, 6) is -0.379. The van der Waals surface area contributed by atoms with Gasteiger partial charge in [0.2, 0.25) is 0 Å². The molecule has 0 atom stereocenters. The summed E-state index contributed by atoms with van der Waals surface area (Å²) in [5, 5.41) is 0. The number of benzene rings is 1. The van der Waals surface area contributed by atoms with E-state index in [-0.39, 0.29) is 24.3 Å². The largest absolute Gasteiger partial charge is 0.468 e. The Balaban J connectivity index is 2.04. The molecule has 24 heavy (non-hydrogen) atoms. The molecule has 5 nitrogen and oxygen atoms in total. The highest BCUT2D eigenvalue weighted by molar-refractivity contribution is 7.16. The summed E-state index contributed by atoms with van der Waals surface area (Å²) in [6.07, 6.45) is 5.24. The van der Waals surface area contributed by atoms with E-state index in [2.05, 4.69) is 11.1 Å². The van der Waals surface area contributed by atoms with Crippen molar-refractivity contribution >= 4 is 33.4 Å². The van der Waals surface area contributed by atoms with Crippen molar-refractivity contribution in [2.75, 3.05) is 7.11 Å². The maximum atomic E-state index is 12.5. The molecule has 1 fully saturated rings. The Hall–Kier alpha value is -1.95. The monoisotopic (exact) mass is 346 g/mol. The number of thiazole rings is 1. The number of carbonyl (C=O) groups is 2. The number of hydrogen-bond donors (Lipinski definition) is 0. The van der Waals surface area contributed by atoms with E-state index < -0.39 is 0 Å². The number of methoxy groups -OCH3 is 1. The number of esters is 1. The molecule has 1 aliphatic rings. The average molecular weight is 346 g/mol. The van der Waals surface area contributed by atoms with E-state index in [4.69, 9.17) is 4.74 Å². The minimum absolute atomic E-state index is 0.0253. The highest BCUT2D eigenvalue weighted by Gasteiger charge is 2.21. The molecule has 1 aliphatic carbocycles. The first kappa shape index (κ1) is 16.9. The molecular formula is C18H22N2O3S. The van der Waals surface area contributed by atoms with E-state index in [1.165, 1.54) is 24.9 Å². The zero-order valence-electron chi connectivity index (χ0n) is 14.1. The minimum Gasteiger partial charge on any atom is -0.468 e. The van der Waals surface area contributed by atoms with Crippen LogP contribution in [0.4, 0.5) is 0 Å². The zero-order chi connectivity index (χ0) is 17.1. The van der Waals surface area contributed by atoms with E-state index in [9.17, 15) is 9.59 Å². The number of ether oxygens (including phenoxy) is 1. The van der Waals surface area contributed by atoms with Crippen molar-refractivity contribution in [3.63, 3.8) is 0 Å². The maximum Gasteiger partial charge on any atom is 0.325 e. The van der Waals surface area contributed by atoms with Gasteiger partial charge >= 0.3 is 5.97 Å². The zero-order valence-corrected chi connectivity index (χ0v) is 14.9. The summed E-state index contributed by atoms with van der Waals surface area (Å²) in [5.41, 5.74) is 2.05. The van der Waals surface area contributed by atoms with Crippen molar-refractivity contribution in [1.82, 2.24) is 4.57 Å². The highest BCUT2D eigenvalue weighted by atomic mass is 32.1. The first-order valence-electron chi connectivity index (χ1n) is 8.34. The fraction of sp³-hybridized carbons (Fsp3) is 0.500. The third-order valence-corrected chi connectivity index (χ3v) is 5.55. The van der Waals surface area contributed by atoms with E-state index in [1.54, 1.807) is 4.57 Å². The summed E-state index contributed by atoms with van der Waals surface area (Å²) < 4.78 is 7.60. The van der Waals surface area contributed by atoms with E-state index in [1.807, 2.05) is 19.1 Å². The number of fused-ring (bicyclic) bond motifs is 1. The molecule has 0 unspecified atom stereocenters. The lowest BCUT2D eigenvalue weighted by molar-refractivity contribution is -0.141. The SMILES string of the molecule is COC(=O)Cn1c(=NC(=O)C2CCCCC2)sc2cc(C)ccc21. The van der Waals surface area contributed by atoms with Crippen molar-refractivity contribution in [2.24, 2.45) is 10.9 Å². The quantitative estimate of drug-likeness (QED) is 0.802. The van der Waals surface area contributed by atoms with Gasteiger partial charge in [-0.25, -0.2) is 0 Å². The Morgan fingerprint density at radius 2 is 2.04 bits per heavy atom. The number of aromatic nitrogens is 1. The number of aryl methyl sites for hydroxylation is 1. The van der Waals surface area contributed by atoms with E-state index in [0.717, 1.165) is 41.5 Å². The van der Waals surface area contributed by atoms with E-state index in [0.29, 0.717) is 4.80 Å². The molecule has 0 bridgehead atoms. The third-order valence-electron chi connectivity index (χ3n) is 4.51. The van der Waals surface area contributed by atoms with Crippen LogP contribution >= 0.6 is 11.3 Å². The molecule has 0 spiro atoms. The predicted molar refractivity (Wildman–Crippen MR) is 93.7 cm³/mol. The van der Waals surface area contributed by atoms with E-state index >= 15 is 0 Å². The fourth-order valence-corrected chi connectivity index (χ4v) is 4.28. The summed E-state index contributed by atoms with van der Waals surface area (Å²) in [7, 11) is 1.37. The molecule has 0 radical (unpaired) electrons. The van der Waals surface area contributed by atoms with Crippen LogP contribution in [-0.2, 0) is 20.9 Å². The Labute approximate surface area is 145 Å². The van der Waals surface area contributed by atoms with Crippen LogP contribution in [-0.4, -0.2) is 23.6 Å². The van der Waals surface area contributed by atoms with Gasteiger partial charge in [0.05, 0.1) is 17.3 Å². The van der Waals surface area contributed by atoms with Crippen LogP contribution in [0.3, 0.4) is 0 Å². The Bertz CT molecular complexity index is 828. The van der Waals surface area contributed by atoms with Crippen molar-refractivity contribution in [1.29, 1.82) is 0 Å². The minimum atomic E-state index is -0.346. The Morgan fingerprint density at radius 3 is 2.75 bits per heavy atom. The van der Waals surface area contributed by atoms with Crippen LogP contribution < -0.4 is 4.80 Å². The molecule has 0 aliphatic heterocycles. The van der Waals surface area contributed by atoms with Gasteiger partial charge in [0, 0.05) is 5.92 Å². The molecule has 2 aromatic rings. The predicted octanol–water partition coefficient (Wildman–Crippen LogP) is 3.19. The van der Waals surface area contributed by atoms with Crippen LogP contribution in [0.1, 0.15) is 37.7 Å². The van der Waals surface area contributed by atoms with Crippen molar-refractivity contribution in [3.05, 3.63) is 28.6 Å². The summed E-state index contributed by atoms with van der Waals surface area (Å²) in [6, 6.07) is 6.02. The summed E-state index contributed by atoms with van der Waals surface area (Å²) in [4.78, 5) is 29.2. The molecule has 1 aromatic heterocycles. The Morgan fingerprint density at radius 1 is 1.29 bits per heavy atom. The van der Waals surface area contributed by atoms with Gasteiger partial charge in [0.1, 0.15) is 6.54 Å². The van der Waals surface area contributed by atoms with Crippen LogP contribution in [0, 0.1) is 12.8 Å². The van der Waals surface area contributed by atoms with Crippen LogP contribution in [0.25, 0.3) is 10.2 Å². The molecule has 0 saturated heterocycles. The van der Waals surface area contributed by atoms with Gasteiger partial charge in [0.15, 0.2) is 4.80 Å². The lowest BCUT2D eigenvalue weighted by Crippen LogP contribution is -2.24. The van der Waals surface area contributed by atoms with Crippen molar-refractivity contribution in [2.45, 2.75) is 45.6 Å². The van der Waals surface area contributed by atoms with Gasteiger partial charge in [-0.1, -0.05) is 36.7 Å². The van der Waals surface area contributed by atoms with Crippen molar-refractivity contribution < 1.29 is 14.3 Å². The molecule has 128 valence electrons.